The number of aryl methyl sites for hydroxylation is 1. The summed E-state index contributed by atoms with van der Waals surface area (Å²) >= 11 is 0. The lowest BCUT2D eigenvalue weighted by Crippen LogP contribution is -2.20. The SMILES string of the molecule is Cc1cccc(OCC(=O)Nc2cccc(OC[C@@H]3CCCO3)c2)c1. The third-order valence-corrected chi connectivity index (χ3v) is 3.94. The van der Waals surface area contributed by atoms with E-state index in [1.54, 1.807) is 6.07 Å². The van der Waals surface area contributed by atoms with Crippen LogP contribution >= 0.6 is 0 Å². The third kappa shape index (κ3) is 5.50. The highest BCUT2D eigenvalue weighted by atomic mass is 16.5. The number of hydrogen-bond donors (Lipinski definition) is 1. The van der Waals surface area contributed by atoms with Crippen molar-refractivity contribution in [1.29, 1.82) is 0 Å². The number of benzene rings is 2. The van der Waals surface area contributed by atoms with E-state index in [9.17, 15) is 4.79 Å². The lowest BCUT2D eigenvalue weighted by atomic mass is 10.2. The lowest BCUT2D eigenvalue weighted by molar-refractivity contribution is -0.118. The summed E-state index contributed by atoms with van der Waals surface area (Å²) in [5, 5.41) is 2.82. The molecule has 0 bridgehead atoms. The van der Waals surface area contributed by atoms with Crippen molar-refractivity contribution in [2.75, 3.05) is 25.1 Å². The molecular weight excluding hydrogens is 318 g/mol. The summed E-state index contributed by atoms with van der Waals surface area (Å²) in [7, 11) is 0. The van der Waals surface area contributed by atoms with Crippen molar-refractivity contribution in [1.82, 2.24) is 0 Å². The zero-order valence-electron chi connectivity index (χ0n) is 14.4. The van der Waals surface area contributed by atoms with Gasteiger partial charge in [-0.05, 0) is 49.6 Å². The van der Waals surface area contributed by atoms with E-state index in [0.29, 0.717) is 23.8 Å². The van der Waals surface area contributed by atoms with Crippen molar-refractivity contribution in [3.63, 3.8) is 0 Å². The normalized spacial score (nSPS) is 16.4. The van der Waals surface area contributed by atoms with E-state index < -0.39 is 0 Å². The summed E-state index contributed by atoms with van der Waals surface area (Å²) in [6.45, 7) is 3.29. The van der Waals surface area contributed by atoms with E-state index >= 15 is 0 Å². The highest BCUT2D eigenvalue weighted by Gasteiger charge is 2.16. The molecule has 1 fully saturated rings. The predicted octanol–water partition coefficient (Wildman–Crippen LogP) is 3.57. The molecule has 1 aliphatic heterocycles. The fraction of sp³-hybridized carbons (Fsp3) is 0.350. The molecule has 2 aromatic rings. The molecule has 1 heterocycles. The topological polar surface area (TPSA) is 56.8 Å². The van der Waals surface area contributed by atoms with Crippen LogP contribution in [0.25, 0.3) is 0 Å². The van der Waals surface area contributed by atoms with Crippen LogP contribution in [0.5, 0.6) is 11.5 Å². The van der Waals surface area contributed by atoms with Gasteiger partial charge in [0.1, 0.15) is 18.1 Å². The van der Waals surface area contributed by atoms with Crippen molar-refractivity contribution in [2.45, 2.75) is 25.9 Å². The van der Waals surface area contributed by atoms with Gasteiger partial charge in [-0.1, -0.05) is 18.2 Å². The van der Waals surface area contributed by atoms with Crippen LogP contribution in [0.1, 0.15) is 18.4 Å². The zero-order valence-corrected chi connectivity index (χ0v) is 14.4. The molecule has 1 atom stereocenters. The fourth-order valence-electron chi connectivity index (χ4n) is 2.68. The molecule has 3 rings (SSSR count). The van der Waals surface area contributed by atoms with Gasteiger partial charge in [-0.2, -0.15) is 0 Å². The maximum absolute atomic E-state index is 12.1. The Morgan fingerprint density at radius 1 is 1.16 bits per heavy atom. The molecule has 2 aromatic carbocycles. The van der Waals surface area contributed by atoms with Crippen LogP contribution in [0.2, 0.25) is 0 Å². The van der Waals surface area contributed by atoms with Crippen LogP contribution in [0.4, 0.5) is 5.69 Å². The minimum absolute atomic E-state index is 0.0372. The molecule has 132 valence electrons. The summed E-state index contributed by atoms with van der Waals surface area (Å²) in [6.07, 6.45) is 2.29. The first-order valence-electron chi connectivity index (χ1n) is 8.53. The number of rotatable bonds is 7. The number of anilines is 1. The van der Waals surface area contributed by atoms with E-state index in [1.807, 2.05) is 49.4 Å². The van der Waals surface area contributed by atoms with Gasteiger partial charge in [-0.3, -0.25) is 4.79 Å². The summed E-state index contributed by atoms with van der Waals surface area (Å²) in [6, 6.07) is 15.0. The van der Waals surface area contributed by atoms with Crippen molar-refractivity contribution < 1.29 is 19.0 Å². The van der Waals surface area contributed by atoms with Crippen LogP contribution in [0, 0.1) is 6.92 Å². The maximum Gasteiger partial charge on any atom is 0.262 e. The molecule has 25 heavy (non-hydrogen) atoms. The number of carbonyl (C=O) groups is 1. The van der Waals surface area contributed by atoms with E-state index in [-0.39, 0.29) is 18.6 Å². The standard InChI is InChI=1S/C20H23NO4/c1-15-5-2-7-17(11-15)25-14-20(22)21-16-6-3-8-18(12-16)24-13-19-9-4-10-23-19/h2-3,5-8,11-12,19H,4,9-10,13-14H2,1H3,(H,21,22)/t19-/m0/s1. The second-order valence-corrected chi connectivity index (χ2v) is 6.13. The first-order valence-corrected chi connectivity index (χ1v) is 8.53. The first-order chi connectivity index (χ1) is 12.2. The highest BCUT2D eigenvalue weighted by molar-refractivity contribution is 5.92. The monoisotopic (exact) mass is 341 g/mol. The molecule has 1 saturated heterocycles. The second kappa shape index (κ2) is 8.53. The Bertz CT molecular complexity index is 710. The Labute approximate surface area is 147 Å². The van der Waals surface area contributed by atoms with Gasteiger partial charge in [0.15, 0.2) is 6.61 Å². The summed E-state index contributed by atoms with van der Waals surface area (Å²) < 4.78 is 16.8. The van der Waals surface area contributed by atoms with Gasteiger partial charge in [0.2, 0.25) is 0 Å². The Morgan fingerprint density at radius 3 is 2.72 bits per heavy atom. The van der Waals surface area contributed by atoms with Crippen LogP contribution < -0.4 is 14.8 Å². The lowest BCUT2D eigenvalue weighted by Gasteiger charge is -2.13. The molecule has 0 saturated carbocycles. The minimum atomic E-state index is -0.210. The van der Waals surface area contributed by atoms with E-state index in [1.165, 1.54) is 0 Å². The van der Waals surface area contributed by atoms with Crippen LogP contribution in [0.3, 0.4) is 0 Å². The predicted molar refractivity (Wildman–Crippen MR) is 96.2 cm³/mol. The molecule has 5 heteroatoms. The van der Waals surface area contributed by atoms with E-state index in [4.69, 9.17) is 14.2 Å². The summed E-state index contributed by atoms with van der Waals surface area (Å²) in [4.78, 5) is 12.1. The average Bonchev–Trinajstić information content (AvgIpc) is 3.12. The quantitative estimate of drug-likeness (QED) is 0.836. The molecule has 0 aromatic heterocycles. The molecular formula is C20H23NO4. The molecule has 0 unspecified atom stereocenters. The molecule has 0 aliphatic carbocycles. The van der Waals surface area contributed by atoms with Crippen molar-refractivity contribution in [2.24, 2.45) is 0 Å². The smallest absolute Gasteiger partial charge is 0.262 e. The third-order valence-electron chi connectivity index (χ3n) is 3.94. The highest BCUT2D eigenvalue weighted by Crippen LogP contribution is 2.20. The Hall–Kier alpha value is -2.53. The molecule has 0 radical (unpaired) electrons. The van der Waals surface area contributed by atoms with Crippen molar-refractivity contribution in [3.8, 4) is 11.5 Å². The number of carbonyl (C=O) groups excluding carboxylic acids is 1. The van der Waals surface area contributed by atoms with Gasteiger partial charge in [0.05, 0.1) is 6.10 Å². The largest absolute Gasteiger partial charge is 0.491 e. The number of amides is 1. The molecule has 0 spiro atoms. The molecule has 1 N–H and O–H groups in total. The van der Waals surface area contributed by atoms with Gasteiger partial charge in [0.25, 0.3) is 5.91 Å². The van der Waals surface area contributed by atoms with Crippen LogP contribution in [0.15, 0.2) is 48.5 Å². The fourth-order valence-corrected chi connectivity index (χ4v) is 2.68. The Kier molecular flexibility index (Phi) is 5.90. The van der Waals surface area contributed by atoms with Gasteiger partial charge >= 0.3 is 0 Å². The van der Waals surface area contributed by atoms with E-state index in [2.05, 4.69) is 5.32 Å². The van der Waals surface area contributed by atoms with E-state index in [0.717, 1.165) is 25.0 Å². The van der Waals surface area contributed by atoms with Crippen LogP contribution in [-0.2, 0) is 9.53 Å². The van der Waals surface area contributed by atoms with Crippen LogP contribution in [-0.4, -0.2) is 31.8 Å². The number of hydrogen-bond acceptors (Lipinski definition) is 4. The minimum Gasteiger partial charge on any atom is -0.491 e. The Morgan fingerprint density at radius 2 is 1.96 bits per heavy atom. The second-order valence-electron chi connectivity index (χ2n) is 6.13. The van der Waals surface area contributed by atoms with Crippen molar-refractivity contribution in [3.05, 3.63) is 54.1 Å². The number of nitrogens with one attached hydrogen (secondary N) is 1. The van der Waals surface area contributed by atoms with Gasteiger partial charge in [-0.15, -0.1) is 0 Å². The zero-order chi connectivity index (χ0) is 17.5. The molecule has 1 amide bonds. The molecule has 5 nitrogen and oxygen atoms in total. The number of ether oxygens (including phenoxy) is 3. The van der Waals surface area contributed by atoms with Gasteiger partial charge < -0.3 is 19.5 Å². The van der Waals surface area contributed by atoms with Gasteiger partial charge in [-0.25, -0.2) is 0 Å². The first kappa shape index (κ1) is 17.3. The summed E-state index contributed by atoms with van der Waals surface area (Å²) in [5.74, 6) is 1.19. The van der Waals surface area contributed by atoms with Crippen molar-refractivity contribution >= 4 is 11.6 Å². The Balaban J connectivity index is 1.48. The summed E-state index contributed by atoms with van der Waals surface area (Å²) in [5.41, 5.74) is 1.77. The molecule has 1 aliphatic rings. The maximum atomic E-state index is 12.1. The average molecular weight is 341 g/mol. The van der Waals surface area contributed by atoms with Gasteiger partial charge in [0, 0.05) is 18.4 Å².